The molecule has 4 heteroatoms. The summed E-state index contributed by atoms with van der Waals surface area (Å²) in [7, 11) is 0. The molecule has 0 saturated heterocycles. The fourth-order valence-electron chi connectivity index (χ4n) is 1.11. The molecule has 72 valence electrons. The number of Topliss-reactive ketones (excluding diaryl/α,β-unsaturated/α-hetero) is 1. The Hall–Kier alpha value is -1.34. The summed E-state index contributed by atoms with van der Waals surface area (Å²) in [5, 5.41) is 8.83. The third kappa shape index (κ3) is 1.94. The predicted octanol–water partition coefficient (Wildman–Crippen LogP) is 2.11. The van der Waals surface area contributed by atoms with E-state index >= 15 is 0 Å². The van der Waals surface area contributed by atoms with Gasteiger partial charge in [-0.15, -0.1) is 0 Å². The van der Waals surface area contributed by atoms with Gasteiger partial charge in [0.2, 0.25) is 0 Å². The van der Waals surface area contributed by atoms with Gasteiger partial charge in [0, 0.05) is 5.56 Å². The van der Waals surface area contributed by atoms with Gasteiger partial charge in [-0.3, -0.25) is 4.79 Å². The van der Waals surface area contributed by atoms with E-state index in [0.717, 1.165) is 0 Å². The average molecular weight is 253 g/mol. The van der Waals surface area contributed by atoms with Crippen LogP contribution in [0.2, 0.25) is 0 Å². The highest BCUT2D eigenvalue weighted by Crippen LogP contribution is 2.19. The number of benzene rings is 1. The van der Waals surface area contributed by atoms with Crippen molar-refractivity contribution in [2.24, 2.45) is 0 Å². The molecule has 0 bridgehead atoms. The van der Waals surface area contributed by atoms with Crippen LogP contribution in [0.3, 0.4) is 0 Å². The molecule has 1 rings (SSSR count). The summed E-state index contributed by atoms with van der Waals surface area (Å²) in [6.07, 6.45) is 0. The maximum atomic E-state index is 11.6. The van der Waals surface area contributed by atoms with Crippen molar-refractivity contribution in [2.75, 3.05) is 5.73 Å². The zero-order valence-electron chi connectivity index (χ0n) is 7.62. The first-order valence-corrected chi connectivity index (χ1v) is 4.96. The molecule has 1 aromatic carbocycles. The summed E-state index contributed by atoms with van der Waals surface area (Å²) in [4.78, 5) is 11.3. The first-order valence-electron chi connectivity index (χ1n) is 4.04. The molecular weight excluding hydrogens is 244 g/mol. The Labute approximate surface area is 90.7 Å². The number of rotatable bonds is 2. The lowest BCUT2D eigenvalue weighted by Crippen LogP contribution is -2.12. The van der Waals surface area contributed by atoms with E-state index in [1.807, 2.05) is 6.07 Å². The van der Waals surface area contributed by atoms with Crippen molar-refractivity contribution in [2.45, 2.75) is 11.8 Å². The minimum atomic E-state index is -0.309. The first kappa shape index (κ1) is 10.7. The molecule has 0 heterocycles. The van der Waals surface area contributed by atoms with Crippen molar-refractivity contribution < 1.29 is 4.79 Å². The molecule has 0 spiro atoms. The molecule has 0 aliphatic heterocycles. The van der Waals surface area contributed by atoms with Crippen LogP contribution < -0.4 is 5.73 Å². The Bertz CT molecular complexity index is 407. The van der Waals surface area contributed by atoms with Crippen LogP contribution in [0.1, 0.15) is 22.8 Å². The van der Waals surface area contributed by atoms with Crippen LogP contribution >= 0.6 is 15.9 Å². The van der Waals surface area contributed by atoms with Crippen molar-refractivity contribution in [1.82, 2.24) is 0 Å². The molecule has 14 heavy (non-hydrogen) atoms. The van der Waals surface area contributed by atoms with E-state index in [4.69, 9.17) is 11.0 Å². The van der Waals surface area contributed by atoms with E-state index in [9.17, 15) is 4.79 Å². The third-order valence-corrected chi connectivity index (χ3v) is 2.25. The molecule has 0 aromatic heterocycles. The Morgan fingerprint density at radius 3 is 2.79 bits per heavy atom. The zero-order valence-corrected chi connectivity index (χ0v) is 9.21. The largest absolute Gasteiger partial charge is 0.398 e. The Balaban J connectivity index is 3.29. The smallest absolute Gasteiger partial charge is 0.177 e. The monoisotopic (exact) mass is 252 g/mol. The quantitative estimate of drug-likeness (QED) is 0.498. The number of nitriles is 1. The third-order valence-electron chi connectivity index (χ3n) is 1.84. The highest BCUT2D eigenvalue weighted by atomic mass is 79.9. The lowest BCUT2D eigenvalue weighted by Gasteiger charge is -2.06. The lowest BCUT2D eigenvalue weighted by molar-refractivity contribution is 0.0995. The average Bonchev–Trinajstić information content (AvgIpc) is 2.16. The van der Waals surface area contributed by atoms with Crippen LogP contribution in [-0.2, 0) is 0 Å². The maximum absolute atomic E-state index is 11.6. The second kappa shape index (κ2) is 4.25. The van der Waals surface area contributed by atoms with E-state index in [0.29, 0.717) is 11.3 Å². The van der Waals surface area contributed by atoms with Crippen molar-refractivity contribution in [3.05, 3.63) is 29.3 Å². The van der Waals surface area contributed by atoms with E-state index < -0.39 is 0 Å². The van der Waals surface area contributed by atoms with Gasteiger partial charge >= 0.3 is 0 Å². The normalized spacial score (nSPS) is 11.8. The lowest BCUT2D eigenvalue weighted by atomic mass is 10.0. The maximum Gasteiger partial charge on any atom is 0.177 e. The number of nitrogens with two attached hydrogens (primary N) is 1. The van der Waals surface area contributed by atoms with Crippen LogP contribution in [0.4, 0.5) is 5.69 Å². The number of nitrogens with zero attached hydrogens (tertiary/aromatic N) is 1. The van der Waals surface area contributed by atoms with Crippen LogP contribution in [0.25, 0.3) is 0 Å². The van der Waals surface area contributed by atoms with Crippen LogP contribution in [0.15, 0.2) is 18.2 Å². The molecule has 1 atom stereocenters. The van der Waals surface area contributed by atoms with E-state index in [1.54, 1.807) is 25.1 Å². The Morgan fingerprint density at radius 2 is 2.29 bits per heavy atom. The Kier molecular flexibility index (Phi) is 3.26. The zero-order chi connectivity index (χ0) is 10.7. The van der Waals surface area contributed by atoms with Crippen molar-refractivity contribution >= 4 is 27.4 Å². The predicted molar refractivity (Wildman–Crippen MR) is 58.3 cm³/mol. The van der Waals surface area contributed by atoms with Gasteiger partial charge in [-0.2, -0.15) is 5.26 Å². The number of carbonyl (C=O) groups is 1. The van der Waals surface area contributed by atoms with Gasteiger partial charge < -0.3 is 5.73 Å². The first-order chi connectivity index (χ1) is 6.57. The van der Waals surface area contributed by atoms with Crippen molar-refractivity contribution in [1.29, 1.82) is 5.26 Å². The summed E-state index contributed by atoms with van der Waals surface area (Å²) in [5.41, 5.74) is 6.54. The van der Waals surface area contributed by atoms with Crippen molar-refractivity contribution in [3.8, 4) is 6.07 Å². The molecule has 0 saturated carbocycles. The summed E-state index contributed by atoms with van der Waals surface area (Å²) in [5.74, 6) is -0.131. The van der Waals surface area contributed by atoms with Gasteiger partial charge in [0.15, 0.2) is 5.78 Å². The van der Waals surface area contributed by atoms with E-state index in [1.165, 1.54) is 0 Å². The van der Waals surface area contributed by atoms with Crippen LogP contribution in [0, 0.1) is 11.3 Å². The SMILES string of the molecule is CC(Br)C(=O)c1cccc(N)c1C#N. The van der Waals surface area contributed by atoms with Gasteiger partial charge in [0.05, 0.1) is 16.1 Å². The number of hydrogen-bond donors (Lipinski definition) is 1. The number of alkyl halides is 1. The molecule has 0 aliphatic carbocycles. The number of anilines is 1. The second-order valence-corrected chi connectivity index (χ2v) is 4.24. The summed E-state index contributed by atoms with van der Waals surface area (Å²) in [6.45, 7) is 1.71. The molecule has 0 aliphatic rings. The highest BCUT2D eigenvalue weighted by Gasteiger charge is 2.17. The number of hydrogen-bond acceptors (Lipinski definition) is 3. The summed E-state index contributed by atoms with van der Waals surface area (Å²) < 4.78 is 0. The van der Waals surface area contributed by atoms with Gasteiger partial charge in [-0.1, -0.05) is 22.0 Å². The minimum Gasteiger partial charge on any atom is -0.398 e. The molecule has 0 radical (unpaired) electrons. The molecule has 0 amide bonds. The standard InChI is InChI=1S/C10H9BrN2O/c1-6(11)10(14)7-3-2-4-9(13)8(7)5-12/h2-4,6H,13H2,1H3. The minimum absolute atomic E-state index is 0.131. The Morgan fingerprint density at radius 1 is 1.64 bits per heavy atom. The number of ketones is 1. The highest BCUT2D eigenvalue weighted by molar-refractivity contribution is 9.10. The topological polar surface area (TPSA) is 66.9 Å². The molecule has 1 aromatic rings. The molecule has 2 N–H and O–H groups in total. The molecular formula is C10H9BrN2O. The molecule has 1 unspecified atom stereocenters. The van der Waals surface area contributed by atoms with Crippen molar-refractivity contribution in [3.63, 3.8) is 0 Å². The summed E-state index contributed by atoms with van der Waals surface area (Å²) in [6, 6.07) is 6.81. The number of halogens is 1. The van der Waals surface area contributed by atoms with Gasteiger partial charge in [-0.05, 0) is 19.1 Å². The molecule has 3 nitrogen and oxygen atoms in total. The fourth-order valence-corrected chi connectivity index (χ4v) is 1.36. The molecule has 0 fully saturated rings. The van der Waals surface area contributed by atoms with Crippen LogP contribution in [0.5, 0.6) is 0 Å². The van der Waals surface area contributed by atoms with Gasteiger partial charge in [0.25, 0.3) is 0 Å². The van der Waals surface area contributed by atoms with Gasteiger partial charge in [0.1, 0.15) is 6.07 Å². The fraction of sp³-hybridized carbons (Fsp3) is 0.200. The van der Waals surface area contributed by atoms with Gasteiger partial charge in [-0.25, -0.2) is 0 Å². The summed E-state index contributed by atoms with van der Waals surface area (Å²) >= 11 is 3.16. The van der Waals surface area contributed by atoms with Crippen LogP contribution in [-0.4, -0.2) is 10.6 Å². The van der Waals surface area contributed by atoms with E-state index in [2.05, 4.69) is 15.9 Å². The second-order valence-electron chi connectivity index (χ2n) is 2.86. The number of carbonyl (C=O) groups excluding carboxylic acids is 1. The van der Waals surface area contributed by atoms with E-state index in [-0.39, 0.29) is 16.2 Å². The number of nitrogen functional groups attached to an aromatic ring is 1.